The Hall–Kier alpha value is -1.76. The van der Waals surface area contributed by atoms with Crippen LogP contribution in [0.1, 0.15) is 29.8 Å². The van der Waals surface area contributed by atoms with Gasteiger partial charge in [-0.2, -0.15) is 5.10 Å². The maximum absolute atomic E-state index is 12.1. The minimum absolute atomic E-state index is 0.175. The molecule has 0 spiro atoms. The van der Waals surface area contributed by atoms with Gasteiger partial charge in [0.05, 0.1) is 5.03 Å². The van der Waals surface area contributed by atoms with Crippen molar-refractivity contribution in [3.05, 3.63) is 27.5 Å². The van der Waals surface area contributed by atoms with Crippen LogP contribution < -0.4 is 10.9 Å². The van der Waals surface area contributed by atoms with E-state index in [0.717, 1.165) is 10.1 Å². The van der Waals surface area contributed by atoms with Crippen LogP contribution in [0.4, 0.5) is 0 Å². The second-order valence-electron chi connectivity index (χ2n) is 4.04. The van der Waals surface area contributed by atoms with Gasteiger partial charge in [0.2, 0.25) is 5.43 Å². The molecule has 2 rings (SSSR count). The Kier molecular flexibility index (Phi) is 3.94. The Labute approximate surface area is 114 Å². The number of hydrogen-bond acceptors (Lipinski definition) is 5. The van der Waals surface area contributed by atoms with E-state index >= 15 is 0 Å². The van der Waals surface area contributed by atoms with Crippen molar-refractivity contribution in [2.45, 2.75) is 31.8 Å². The lowest BCUT2D eigenvalue weighted by Crippen LogP contribution is -2.22. The van der Waals surface area contributed by atoms with Gasteiger partial charge in [0, 0.05) is 31.3 Å². The average Bonchev–Trinajstić information content (AvgIpc) is 2.81. The smallest absolute Gasteiger partial charge is 0.341 e. The number of aryl methyl sites for hydroxylation is 1. The molecule has 6 nitrogen and oxygen atoms in total. The van der Waals surface area contributed by atoms with Crippen LogP contribution in [0, 0.1) is 0 Å². The standard InChI is InChI=1S/C12H15N3O3S/c1-3-13-14-9-5-7-10(16)8(12(17)18)6-15(4-2)11(7)19-9/h6,13H,3-5H2,1-2H3,(H,17,18). The molecule has 19 heavy (non-hydrogen) atoms. The molecule has 102 valence electrons. The Morgan fingerprint density at radius 3 is 2.89 bits per heavy atom. The molecule has 2 N–H and O–H groups in total. The predicted octanol–water partition coefficient (Wildman–Crippen LogP) is 1.14. The highest BCUT2D eigenvalue weighted by molar-refractivity contribution is 8.14. The van der Waals surface area contributed by atoms with E-state index in [1.807, 2.05) is 13.8 Å². The third kappa shape index (κ3) is 2.51. The van der Waals surface area contributed by atoms with Crippen LogP contribution >= 0.6 is 11.8 Å². The molecule has 2 heterocycles. The Morgan fingerprint density at radius 2 is 2.32 bits per heavy atom. The first-order chi connectivity index (χ1) is 9.08. The summed E-state index contributed by atoms with van der Waals surface area (Å²) in [5.74, 6) is -1.18. The topological polar surface area (TPSA) is 83.7 Å². The number of thioether (sulfide) groups is 1. The average molecular weight is 281 g/mol. The molecular weight excluding hydrogens is 266 g/mol. The van der Waals surface area contributed by atoms with Gasteiger partial charge in [0.1, 0.15) is 10.6 Å². The fourth-order valence-electron chi connectivity index (χ4n) is 1.90. The lowest BCUT2D eigenvalue weighted by molar-refractivity contribution is 0.0694. The van der Waals surface area contributed by atoms with Crippen molar-refractivity contribution >= 4 is 22.8 Å². The molecule has 1 aromatic heterocycles. The fourth-order valence-corrected chi connectivity index (χ4v) is 3.03. The summed E-state index contributed by atoms with van der Waals surface area (Å²) in [6, 6.07) is 0. The van der Waals surface area contributed by atoms with Gasteiger partial charge >= 0.3 is 5.97 Å². The van der Waals surface area contributed by atoms with Gasteiger partial charge in [-0.15, -0.1) is 0 Å². The SMILES string of the molecule is CCNN=C1Cc2c(n(CC)cc(C(=O)O)c2=O)S1. The Balaban J connectivity index is 2.51. The Bertz CT molecular complexity index is 607. The molecule has 0 fully saturated rings. The van der Waals surface area contributed by atoms with E-state index in [4.69, 9.17) is 5.11 Å². The van der Waals surface area contributed by atoms with Gasteiger partial charge < -0.3 is 15.1 Å². The fraction of sp³-hybridized carbons (Fsp3) is 0.417. The first-order valence-corrected chi connectivity index (χ1v) is 6.87. The number of aromatic nitrogens is 1. The summed E-state index contributed by atoms with van der Waals surface area (Å²) in [6.07, 6.45) is 1.81. The molecule has 1 aliphatic rings. The number of nitrogens with one attached hydrogen (secondary N) is 1. The quantitative estimate of drug-likeness (QED) is 0.808. The van der Waals surface area contributed by atoms with Gasteiger partial charge in [-0.3, -0.25) is 4.79 Å². The maximum atomic E-state index is 12.1. The van der Waals surface area contributed by atoms with E-state index < -0.39 is 11.4 Å². The number of aromatic carboxylic acids is 1. The van der Waals surface area contributed by atoms with Crippen molar-refractivity contribution in [3.63, 3.8) is 0 Å². The molecule has 7 heteroatoms. The number of rotatable bonds is 4. The molecule has 0 radical (unpaired) electrons. The van der Waals surface area contributed by atoms with Crippen molar-refractivity contribution in [1.29, 1.82) is 0 Å². The van der Waals surface area contributed by atoms with Crippen LogP contribution in [-0.2, 0) is 13.0 Å². The molecule has 0 saturated carbocycles. The van der Waals surface area contributed by atoms with Crippen LogP contribution in [0.3, 0.4) is 0 Å². The lowest BCUT2D eigenvalue weighted by Gasteiger charge is -2.09. The van der Waals surface area contributed by atoms with Crippen molar-refractivity contribution in [2.75, 3.05) is 6.54 Å². The van der Waals surface area contributed by atoms with Gasteiger partial charge in [0.15, 0.2) is 0 Å². The van der Waals surface area contributed by atoms with Gasteiger partial charge in [-0.05, 0) is 13.8 Å². The third-order valence-corrected chi connectivity index (χ3v) is 3.94. The van der Waals surface area contributed by atoms with Crippen LogP contribution in [-0.4, -0.2) is 27.2 Å². The van der Waals surface area contributed by atoms with Crippen LogP contribution in [0.25, 0.3) is 0 Å². The number of carbonyl (C=O) groups is 1. The van der Waals surface area contributed by atoms with Gasteiger partial charge in [-0.1, -0.05) is 11.8 Å². The zero-order valence-corrected chi connectivity index (χ0v) is 11.6. The Morgan fingerprint density at radius 1 is 1.58 bits per heavy atom. The summed E-state index contributed by atoms with van der Waals surface area (Å²) >= 11 is 1.42. The number of carboxylic acids is 1. The molecule has 0 bridgehead atoms. The zero-order valence-electron chi connectivity index (χ0n) is 10.8. The zero-order chi connectivity index (χ0) is 14.0. The lowest BCUT2D eigenvalue weighted by atomic mass is 10.1. The van der Waals surface area contributed by atoms with Crippen molar-refractivity contribution < 1.29 is 9.90 Å². The number of nitrogens with zero attached hydrogens (tertiary/aromatic N) is 2. The van der Waals surface area contributed by atoms with Crippen molar-refractivity contribution in [2.24, 2.45) is 5.10 Å². The van der Waals surface area contributed by atoms with Gasteiger partial charge in [-0.25, -0.2) is 4.79 Å². The molecule has 0 aliphatic carbocycles. The minimum Gasteiger partial charge on any atom is -0.477 e. The highest BCUT2D eigenvalue weighted by atomic mass is 32.2. The highest BCUT2D eigenvalue weighted by Crippen LogP contribution is 2.31. The molecule has 0 atom stereocenters. The molecule has 1 aliphatic heterocycles. The monoisotopic (exact) mass is 281 g/mol. The predicted molar refractivity (Wildman–Crippen MR) is 74.0 cm³/mol. The number of pyridine rings is 1. The summed E-state index contributed by atoms with van der Waals surface area (Å²) in [7, 11) is 0. The largest absolute Gasteiger partial charge is 0.477 e. The molecular formula is C12H15N3O3S. The first kappa shape index (κ1) is 13.7. The number of hydrazone groups is 1. The van der Waals surface area contributed by atoms with Crippen molar-refractivity contribution in [3.8, 4) is 0 Å². The molecule has 1 aromatic rings. The minimum atomic E-state index is -1.18. The summed E-state index contributed by atoms with van der Waals surface area (Å²) in [4.78, 5) is 23.2. The maximum Gasteiger partial charge on any atom is 0.341 e. The van der Waals surface area contributed by atoms with Crippen LogP contribution in [0.5, 0.6) is 0 Å². The number of carboxylic acid groups (broad SMARTS) is 1. The van der Waals surface area contributed by atoms with E-state index in [-0.39, 0.29) is 5.56 Å². The third-order valence-electron chi connectivity index (χ3n) is 2.80. The molecule has 0 aromatic carbocycles. The van der Waals surface area contributed by atoms with Crippen LogP contribution in [0.15, 0.2) is 21.1 Å². The highest BCUT2D eigenvalue weighted by Gasteiger charge is 2.27. The summed E-state index contributed by atoms with van der Waals surface area (Å²) in [6.45, 7) is 5.17. The normalized spacial score (nSPS) is 15.6. The summed E-state index contributed by atoms with van der Waals surface area (Å²) in [5, 5.41) is 14.8. The van der Waals surface area contributed by atoms with E-state index in [0.29, 0.717) is 25.1 Å². The second-order valence-corrected chi connectivity index (χ2v) is 5.10. The van der Waals surface area contributed by atoms with E-state index in [2.05, 4.69) is 10.5 Å². The number of hydrogen-bond donors (Lipinski definition) is 2. The van der Waals surface area contributed by atoms with Crippen molar-refractivity contribution in [1.82, 2.24) is 9.99 Å². The molecule has 0 unspecified atom stereocenters. The van der Waals surface area contributed by atoms with Crippen LogP contribution in [0.2, 0.25) is 0 Å². The number of fused-ring (bicyclic) bond motifs is 1. The first-order valence-electron chi connectivity index (χ1n) is 6.05. The molecule has 0 saturated heterocycles. The second kappa shape index (κ2) is 5.48. The summed E-state index contributed by atoms with van der Waals surface area (Å²) in [5.41, 5.74) is 2.81. The van der Waals surface area contributed by atoms with E-state index in [9.17, 15) is 9.59 Å². The van der Waals surface area contributed by atoms with E-state index in [1.54, 1.807) is 4.57 Å². The summed E-state index contributed by atoms with van der Waals surface area (Å²) < 4.78 is 1.79. The molecule has 0 amide bonds. The van der Waals surface area contributed by atoms with E-state index in [1.165, 1.54) is 18.0 Å². The van der Waals surface area contributed by atoms with Gasteiger partial charge in [0.25, 0.3) is 0 Å².